The molecule has 0 fully saturated rings. The van der Waals surface area contributed by atoms with Gasteiger partial charge in [-0.2, -0.15) is 0 Å². The summed E-state index contributed by atoms with van der Waals surface area (Å²) in [5, 5.41) is 12.1. The molecule has 0 radical (unpaired) electrons. The summed E-state index contributed by atoms with van der Waals surface area (Å²) in [4.78, 5) is 12.3. The molecule has 1 N–H and O–H groups in total. The largest absolute Gasteiger partial charge is 0.485 e. The van der Waals surface area contributed by atoms with Crippen LogP contribution in [-0.4, -0.2) is 26.4 Å². The van der Waals surface area contributed by atoms with Crippen LogP contribution in [0.4, 0.5) is 5.69 Å². The number of aromatic nitrogens is 3. The van der Waals surface area contributed by atoms with E-state index in [0.29, 0.717) is 11.8 Å². The minimum absolute atomic E-state index is 0.0650. The zero-order valence-electron chi connectivity index (χ0n) is 18.3. The molecule has 0 atom stereocenters. The molecule has 0 unspecified atom stereocenters. The number of aryl methyl sites for hydroxylation is 2. The van der Waals surface area contributed by atoms with Gasteiger partial charge in [0.15, 0.2) is 11.0 Å². The van der Waals surface area contributed by atoms with E-state index in [2.05, 4.69) is 34.6 Å². The Kier molecular flexibility index (Phi) is 6.61. The topological polar surface area (TPSA) is 69.0 Å². The van der Waals surface area contributed by atoms with Crippen molar-refractivity contribution >= 4 is 23.4 Å². The number of anilines is 1. The Hall–Kier alpha value is -2.80. The molecule has 0 aliphatic heterocycles. The number of fused-ring (bicyclic) bond motifs is 1. The number of hydrogen-bond donors (Lipinski definition) is 1. The molecule has 0 saturated carbocycles. The van der Waals surface area contributed by atoms with Gasteiger partial charge in [-0.3, -0.25) is 4.79 Å². The van der Waals surface area contributed by atoms with Crippen molar-refractivity contribution in [2.45, 2.75) is 51.3 Å². The first-order chi connectivity index (χ1) is 15.0. The lowest BCUT2D eigenvalue weighted by Gasteiger charge is -2.20. The first-order valence-corrected chi connectivity index (χ1v) is 11.6. The van der Waals surface area contributed by atoms with Crippen LogP contribution in [0, 0.1) is 13.8 Å². The molecule has 6 nitrogen and oxygen atoms in total. The fourth-order valence-corrected chi connectivity index (χ4v) is 4.65. The number of nitrogens with zero attached hydrogens (tertiary/aromatic N) is 3. The predicted octanol–water partition coefficient (Wildman–Crippen LogP) is 4.62. The third kappa shape index (κ3) is 4.93. The lowest BCUT2D eigenvalue weighted by Crippen LogP contribution is -2.15. The second kappa shape index (κ2) is 9.56. The summed E-state index contributed by atoms with van der Waals surface area (Å²) in [6.45, 7) is 4.46. The van der Waals surface area contributed by atoms with Crippen LogP contribution in [0.2, 0.25) is 0 Å². The van der Waals surface area contributed by atoms with Crippen LogP contribution in [0.5, 0.6) is 5.75 Å². The minimum Gasteiger partial charge on any atom is -0.485 e. The van der Waals surface area contributed by atoms with Gasteiger partial charge in [-0.05, 0) is 73.9 Å². The second-order valence-electron chi connectivity index (χ2n) is 7.93. The maximum atomic E-state index is 12.3. The molecule has 31 heavy (non-hydrogen) atoms. The summed E-state index contributed by atoms with van der Waals surface area (Å²) in [6, 6.07) is 12.0. The number of carbonyl (C=O) groups is 1. The number of thioether (sulfide) groups is 1. The van der Waals surface area contributed by atoms with E-state index in [-0.39, 0.29) is 11.7 Å². The maximum absolute atomic E-state index is 12.3. The van der Waals surface area contributed by atoms with Gasteiger partial charge < -0.3 is 14.6 Å². The molecule has 4 rings (SSSR count). The van der Waals surface area contributed by atoms with E-state index in [4.69, 9.17) is 4.74 Å². The van der Waals surface area contributed by atoms with Crippen molar-refractivity contribution in [3.8, 4) is 5.75 Å². The van der Waals surface area contributed by atoms with E-state index in [1.807, 2.05) is 42.8 Å². The van der Waals surface area contributed by atoms with Gasteiger partial charge in [0.05, 0.1) is 5.75 Å². The van der Waals surface area contributed by atoms with Crippen LogP contribution >= 0.6 is 11.8 Å². The van der Waals surface area contributed by atoms with Crippen molar-refractivity contribution in [1.82, 2.24) is 14.8 Å². The Bertz CT molecular complexity index is 1090. The van der Waals surface area contributed by atoms with Gasteiger partial charge in [0.2, 0.25) is 5.91 Å². The number of benzene rings is 2. The Labute approximate surface area is 187 Å². The molecule has 3 aromatic rings. The molecule has 0 bridgehead atoms. The highest BCUT2D eigenvalue weighted by atomic mass is 32.2. The highest BCUT2D eigenvalue weighted by molar-refractivity contribution is 7.99. The van der Waals surface area contributed by atoms with E-state index in [1.54, 1.807) is 0 Å². The Morgan fingerprint density at radius 2 is 1.94 bits per heavy atom. The zero-order valence-corrected chi connectivity index (χ0v) is 19.1. The summed E-state index contributed by atoms with van der Waals surface area (Å²) in [5.41, 5.74) is 6.01. The molecular weight excluding hydrogens is 408 g/mol. The fraction of sp³-hybridized carbons (Fsp3) is 0.375. The van der Waals surface area contributed by atoms with Gasteiger partial charge in [0, 0.05) is 12.7 Å². The monoisotopic (exact) mass is 436 g/mol. The molecular formula is C24H28N4O2S. The van der Waals surface area contributed by atoms with Crippen molar-refractivity contribution in [1.29, 1.82) is 0 Å². The summed E-state index contributed by atoms with van der Waals surface area (Å²) < 4.78 is 7.98. The van der Waals surface area contributed by atoms with Crippen molar-refractivity contribution in [2.75, 3.05) is 11.1 Å². The molecule has 1 heterocycles. The Morgan fingerprint density at radius 3 is 2.77 bits per heavy atom. The highest BCUT2D eigenvalue weighted by Gasteiger charge is 2.16. The minimum atomic E-state index is -0.0650. The van der Waals surface area contributed by atoms with Gasteiger partial charge in [0.25, 0.3) is 0 Å². The summed E-state index contributed by atoms with van der Waals surface area (Å²) >= 11 is 1.37. The molecule has 1 amide bonds. The van der Waals surface area contributed by atoms with Crippen molar-refractivity contribution in [2.24, 2.45) is 7.05 Å². The van der Waals surface area contributed by atoms with Crippen LogP contribution in [0.3, 0.4) is 0 Å². The van der Waals surface area contributed by atoms with Crippen molar-refractivity contribution < 1.29 is 9.53 Å². The van der Waals surface area contributed by atoms with Crippen molar-refractivity contribution in [3.63, 3.8) is 0 Å². The highest BCUT2D eigenvalue weighted by Crippen LogP contribution is 2.31. The number of ether oxygens (including phenoxy) is 1. The van der Waals surface area contributed by atoms with Gasteiger partial charge in [-0.25, -0.2) is 0 Å². The van der Waals surface area contributed by atoms with Crippen LogP contribution in [0.1, 0.15) is 40.9 Å². The molecule has 1 aliphatic carbocycles. The van der Waals surface area contributed by atoms with Crippen molar-refractivity contribution in [3.05, 3.63) is 64.5 Å². The van der Waals surface area contributed by atoms with E-state index in [1.165, 1.54) is 41.3 Å². The lowest BCUT2D eigenvalue weighted by atomic mass is 9.88. The molecule has 1 aliphatic rings. The Morgan fingerprint density at radius 1 is 1.13 bits per heavy atom. The number of carbonyl (C=O) groups excluding carboxylic acids is 1. The van der Waals surface area contributed by atoms with E-state index in [0.717, 1.165) is 35.7 Å². The average Bonchev–Trinajstić information content (AvgIpc) is 3.13. The van der Waals surface area contributed by atoms with Crippen LogP contribution in [0.25, 0.3) is 0 Å². The number of para-hydroxylation sites is 1. The smallest absolute Gasteiger partial charge is 0.234 e. The van der Waals surface area contributed by atoms with E-state index in [9.17, 15) is 4.79 Å². The first kappa shape index (κ1) is 21.4. The molecule has 1 aromatic heterocycles. The molecule has 7 heteroatoms. The normalized spacial score (nSPS) is 13.0. The Balaban J connectivity index is 1.34. The number of hydrogen-bond acceptors (Lipinski definition) is 5. The van der Waals surface area contributed by atoms with E-state index < -0.39 is 0 Å². The quantitative estimate of drug-likeness (QED) is 0.547. The standard InChI is InChI=1S/C24H28N4O2S/c1-16-8-4-7-11-20(16)25-23(29)15-31-24-27-26-22(28(24)3)14-30-21-13-12-18-9-5-6-10-19(18)17(21)2/h4,7-8,11-13H,5-6,9-10,14-15H2,1-3H3,(H,25,29). The maximum Gasteiger partial charge on any atom is 0.234 e. The average molecular weight is 437 g/mol. The van der Waals surface area contributed by atoms with E-state index >= 15 is 0 Å². The molecule has 2 aromatic carbocycles. The third-order valence-corrected chi connectivity index (χ3v) is 6.82. The number of amides is 1. The fourth-order valence-electron chi connectivity index (χ4n) is 3.92. The first-order valence-electron chi connectivity index (χ1n) is 10.6. The predicted molar refractivity (Wildman–Crippen MR) is 124 cm³/mol. The lowest BCUT2D eigenvalue weighted by molar-refractivity contribution is -0.113. The number of nitrogens with one attached hydrogen (secondary N) is 1. The number of rotatable bonds is 7. The summed E-state index contributed by atoms with van der Waals surface area (Å²) in [5.74, 6) is 1.85. The van der Waals surface area contributed by atoms with Gasteiger partial charge in [-0.15, -0.1) is 10.2 Å². The second-order valence-corrected chi connectivity index (χ2v) is 8.87. The van der Waals surface area contributed by atoms with Gasteiger partial charge in [-0.1, -0.05) is 36.0 Å². The molecule has 0 spiro atoms. The van der Waals surface area contributed by atoms with Gasteiger partial charge >= 0.3 is 0 Å². The molecule has 162 valence electrons. The zero-order chi connectivity index (χ0) is 21.8. The van der Waals surface area contributed by atoms with Gasteiger partial charge in [0.1, 0.15) is 12.4 Å². The van der Waals surface area contributed by atoms with Crippen LogP contribution in [-0.2, 0) is 31.3 Å². The summed E-state index contributed by atoms with van der Waals surface area (Å²) in [7, 11) is 1.90. The van der Waals surface area contributed by atoms with Crippen LogP contribution in [0.15, 0.2) is 41.6 Å². The molecule has 0 saturated heterocycles. The SMILES string of the molecule is Cc1ccccc1NC(=O)CSc1nnc(COc2ccc3c(c2C)CCCC3)n1C. The summed E-state index contributed by atoms with van der Waals surface area (Å²) in [6.07, 6.45) is 4.82. The third-order valence-electron chi connectivity index (χ3n) is 5.80. The van der Waals surface area contributed by atoms with Crippen LogP contribution < -0.4 is 10.1 Å².